The van der Waals surface area contributed by atoms with E-state index in [0.29, 0.717) is 12.0 Å². The number of carbonyl (C=O) groups excluding carboxylic acids is 1. The Morgan fingerprint density at radius 1 is 1.00 bits per heavy atom. The second kappa shape index (κ2) is 10.4. The number of aryl methyl sites for hydroxylation is 1. The molecule has 7 nitrogen and oxygen atoms in total. The van der Waals surface area contributed by atoms with Gasteiger partial charge in [0.2, 0.25) is 0 Å². The van der Waals surface area contributed by atoms with Crippen molar-refractivity contribution in [3.8, 4) is 11.3 Å². The monoisotopic (exact) mass is 465 g/mol. The number of nitrogens with zero attached hydrogens (tertiary/aromatic N) is 4. The minimum atomic E-state index is -0.137. The van der Waals surface area contributed by atoms with Crippen LogP contribution in [-0.4, -0.2) is 47.2 Å². The van der Waals surface area contributed by atoms with Crippen molar-refractivity contribution in [1.29, 1.82) is 0 Å². The van der Waals surface area contributed by atoms with Gasteiger partial charge in [0.15, 0.2) is 0 Å². The first kappa shape index (κ1) is 22.7. The molecule has 1 N–H and O–H groups in total. The lowest BCUT2D eigenvalue weighted by Gasteiger charge is -2.28. The molecule has 1 aliphatic rings. The fourth-order valence-corrected chi connectivity index (χ4v) is 4.23. The molecule has 1 saturated heterocycles. The van der Waals surface area contributed by atoms with Crippen molar-refractivity contribution >= 4 is 17.3 Å². The molecule has 0 bridgehead atoms. The Morgan fingerprint density at radius 3 is 2.60 bits per heavy atom. The summed E-state index contributed by atoms with van der Waals surface area (Å²) in [7, 11) is 0. The highest BCUT2D eigenvalue weighted by molar-refractivity contribution is 6.04. The van der Waals surface area contributed by atoms with Gasteiger partial charge in [0.25, 0.3) is 5.91 Å². The second-order valence-corrected chi connectivity index (χ2v) is 8.51. The molecular weight excluding hydrogens is 438 g/mol. The molecule has 1 amide bonds. The maximum absolute atomic E-state index is 13.0. The fourth-order valence-electron chi connectivity index (χ4n) is 4.23. The van der Waals surface area contributed by atoms with Crippen molar-refractivity contribution < 1.29 is 9.53 Å². The van der Waals surface area contributed by atoms with Gasteiger partial charge in [-0.05, 0) is 72.6 Å². The molecule has 0 radical (unpaired) electrons. The third kappa shape index (κ3) is 5.36. The van der Waals surface area contributed by atoms with Gasteiger partial charge in [0.1, 0.15) is 6.33 Å². The number of rotatable bonds is 6. The number of hydrogen-bond donors (Lipinski definition) is 1. The van der Waals surface area contributed by atoms with Crippen LogP contribution in [0.25, 0.3) is 11.3 Å². The Kier molecular flexibility index (Phi) is 6.77. The zero-order chi connectivity index (χ0) is 24.0. The summed E-state index contributed by atoms with van der Waals surface area (Å²) in [5, 5.41) is 3.02. The smallest absolute Gasteiger partial charge is 0.255 e. The largest absolute Gasteiger partial charge is 0.378 e. The highest BCUT2D eigenvalue weighted by atomic mass is 16.5. The van der Waals surface area contributed by atoms with E-state index >= 15 is 0 Å². The number of nitrogens with one attached hydrogen (secondary N) is 1. The van der Waals surface area contributed by atoms with Gasteiger partial charge >= 0.3 is 0 Å². The molecule has 1 fully saturated rings. The van der Waals surface area contributed by atoms with Gasteiger partial charge in [-0.15, -0.1) is 0 Å². The molecule has 7 heteroatoms. The Labute approximate surface area is 204 Å². The molecule has 3 heterocycles. The number of ether oxygens (including phenoxy) is 1. The van der Waals surface area contributed by atoms with Crippen LogP contribution in [0, 0.1) is 6.92 Å². The number of morpholine rings is 1. The lowest BCUT2D eigenvalue weighted by molar-refractivity contribution is 0.102. The van der Waals surface area contributed by atoms with E-state index in [1.807, 2.05) is 60.7 Å². The highest BCUT2D eigenvalue weighted by Gasteiger charge is 2.14. The van der Waals surface area contributed by atoms with E-state index < -0.39 is 0 Å². The molecule has 5 rings (SSSR count). The molecule has 4 aromatic rings. The first-order chi connectivity index (χ1) is 17.2. The zero-order valence-electron chi connectivity index (χ0n) is 19.6. The molecule has 35 heavy (non-hydrogen) atoms. The summed E-state index contributed by atoms with van der Waals surface area (Å²) in [4.78, 5) is 28.3. The molecule has 2 aromatic heterocycles. The predicted molar refractivity (Wildman–Crippen MR) is 137 cm³/mol. The van der Waals surface area contributed by atoms with E-state index in [0.717, 1.165) is 65.8 Å². The second-order valence-electron chi connectivity index (χ2n) is 8.51. The molecule has 0 saturated carbocycles. The predicted octanol–water partition coefficient (Wildman–Crippen LogP) is 4.53. The lowest BCUT2D eigenvalue weighted by Crippen LogP contribution is -2.36. The van der Waals surface area contributed by atoms with Crippen molar-refractivity contribution in [2.45, 2.75) is 13.3 Å². The molecule has 0 aliphatic carbocycles. The molecule has 176 valence electrons. The average molecular weight is 466 g/mol. The number of amides is 1. The van der Waals surface area contributed by atoms with Crippen LogP contribution in [0.4, 0.5) is 11.4 Å². The summed E-state index contributed by atoms with van der Waals surface area (Å²) in [5.74, 6) is -0.137. The number of hydrogen-bond acceptors (Lipinski definition) is 6. The van der Waals surface area contributed by atoms with E-state index in [-0.39, 0.29) is 5.91 Å². The Morgan fingerprint density at radius 2 is 1.83 bits per heavy atom. The molecule has 0 spiro atoms. The minimum Gasteiger partial charge on any atom is -0.378 e. The van der Waals surface area contributed by atoms with Crippen LogP contribution in [0.1, 0.15) is 27.2 Å². The van der Waals surface area contributed by atoms with Crippen LogP contribution in [0.3, 0.4) is 0 Å². The number of anilines is 2. The molecular formula is C28H27N5O2. The normalized spacial score (nSPS) is 13.5. The van der Waals surface area contributed by atoms with Crippen LogP contribution < -0.4 is 10.2 Å². The zero-order valence-corrected chi connectivity index (χ0v) is 19.6. The molecule has 2 aromatic carbocycles. The molecule has 1 aliphatic heterocycles. The number of benzene rings is 2. The maximum atomic E-state index is 13.0. The quantitative estimate of drug-likeness (QED) is 0.451. The van der Waals surface area contributed by atoms with E-state index in [4.69, 9.17) is 4.74 Å². The van der Waals surface area contributed by atoms with Crippen molar-refractivity contribution in [1.82, 2.24) is 15.0 Å². The third-order valence-corrected chi connectivity index (χ3v) is 6.22. The Bertz CT molecular complexity index is 1300. The van der Waals surface area contributed by atoms with Gasteiger partial charge in [-0.3, -0.25) is 9.78 Å². The molecule has 0 unspecified atom stereocenters. The number of aromatic nitrogens is 3. The Balaban J connectivity index is 1.32. The minimum absolute atomic E-state index is 0.137. The maximum Gasteiger partial charge on any atom is 0.255 e. The van der Waals surface area contributed by atoms with Crippen molar-refractivity contribution in [2.75, 3.05) is 36.5 Å². The summed E-state index contributed by atoms with van der Waals surface area (Å²) in [6.07, 6.45) is 5.65. The van der Waals surface area contributed by atoms with E-state index in [9.17, 15) is 4.79 Å². The summed E-state index contributed by atoms with van der Waals surface area (Å²) in [6, 6.07) is 19.6. The van der Waals surface area contributed by atoms with Crippen molar-refractivity contribution in [2.24, 2.45) is 0 Å². The van der Waals surface area contributed by atoms with E-state index in [1.165, 1.54) is 6.33 Å². The van der Waals surface area contributed by atoms with Gasteiger partial charge < -0.3 is 15.0 Å². The summed E-state index contributed by atoms with van der Waals surface area (Å²) in [6.45, 7) is 5.30. The van der Waals surface area contributed by atoms with Crippen LogP contribution in [0.15, 0.2) is 79.4 Å². The van der Waals surface area contributed by atoms with Crippen LogP contribution in [0.5, 0.6) is 0 Å². The molecule has 0 atom stereocenters. The van der Waals surface area contributed by atoms with Gasteiger partial charge in [0.05, 0.1) is 24.6 Å². The first-order valence-corrected chi connectivity index (χ1v) is 11.7. The lowest BCUT2D eigenvalue weighted by atomic mass is 9.97. The standard InChI is InChI=1S/C28H27N5O2/c1-20-4-5-21(28(34)32-23-6-8-24(9-7-23)33-13-15-35-16-14-33)17-22(20)18-27-25(3-2-11-30-27)26-10-12-29-19-31-26/h2-12,17,19H,13-16,18H2,1H3,(H,32,34). The summed E-state index contributed by atoms with van der Waals surface area (Å²) < 4.78 is 5.42. The SMILES string of the molecule is Cc1ccc(C(=O)Nc2ccc(N3CCOCC3)cc2)cc1Cc1ncccc1-c1ccncn1. The number of carbonyl (C=O) groups is 1. The number of pyridine rings is 1. The van der Waals surface area contributed by atoms with Gasteiger partial charge in [-0.1, -0.05) is 6.07 Å². The summed E-state index contributed by atoms with van der Waals surface area (Å²) in [5.41, 5.74) is 7.38. The average Bonchev–Trinajstić information content (AvgIpc) is 2.91. The van der Waals surface area contributed by atoms with Gasteiger partial charge in [-0.2, -0.15) is 0 Å². The highest BCUT2D eigenvalue weighted by Crippen LogP contribution is 2.24. The van der Waals surface area contributed by atoms with E-state index in [2.05, 4.69) is 32.1 Å². The fraction of sp³-hybridized carbons (Fsp3) is 0.214. The van der Waals surface area contributed by atoms with Gasteiger partial charge in [-0.25, -0.2) is 9.97 Å². The Hall–Kier alpha value is -4.10. The van der Waals surface area contributed by atoms with Crippen LogP contribution in [0.2, 0.25) is 0 Å². The first-order valence-electron chi connectivity index (χ1n) is 11.7. The van der Waals surface area contributed by atoms with Crippen LogP contribution in [-0.2, 0) is 11.2 Å². The van der Waals surface area contributed by atoms with Crippen LogP contribution >= 0.6 is 0 Å². The third-order valence-electron chi connectivity index (χ3n) is 6.22. The van der Waals surface area contributed by atoms with Crippen molar-refractivity contribution in [3.63, 3.8) is 0 Å². The summed E-state index contributed by atoms with van der Waals surface area (Å²) >= 11 is 0. The van der Waals surface area contributed by atoms with Crippen molar-refractivity contribution in [3.05, 3.63) is 102 Å². The topological polar surface area (TPSA) is 80.2 Å². The van der Waals surface area contributed by atoms with E-state index in [1.54, 1.807) is 12.4 Å². The van der Waals surface area contributed by atoms with Gasteiger partial charge in [0, 0.05) is 54.4 Å².